The van der Waals surface area contributed by atoms with Crippen molar-refractivity contribution in [2.24, 2.45) is 0 Å². The van der Waals surface area contributed by atoms with Gasteiger partial charge in [-0.05, 0) is 43.2 Å². The molecule has 1 N–H and O–H groups in total. The Morgan fingerprint density at radius 1 is 0.926 bits per heavy atom. The smallest absolute Gasteiger partial charge is 0.225 e. The monoisotopic (exact) mass is 371 g/mol. The largest absolute Gasteiger partial charge is 0.493 e. The van der Waals surface area contributed by atoms with Crippen LogP contribution in [0.25, 0.3) is 0 Å². The van der Waals surface area contributed by atoms with Gasteiger partial charge in [0.2, 0.25) is 5.91 Å². The van der Waals surface area contributed by atoms with Crippen molar-refractivity contribution in [2.45, 2.75) is 32.3 Å². The summed E-state index contributed by atoms with van der Waals surface area (Å²) in [6, 6.07) is 9.52. The van der Waals surface area contributed by atoms with Crippen LogP contribution in [0.15, 0.2) is 30.3 Å². The van der Waals surface area contributed by atoms with Crippen LogP contribution in [0.2, 0.25) is 0 Å². The maximum Gasteiger partial charge on any atom is 0.225 e. The van der Waals surface area contributed by atoms with Crippen LogP contribution in [-0.2, 0) is 4.79 Å². The molecule has 0 bridgehead atoms. The third-order valence-corrected chi connectivity index (χ3v) is 4.55. The van der Waals surface area contributed by atoms with E-state index in [1.54, 1.807) is 27.4 Å². The molecule has 0 spiro atoms. The zero-order valence-corrected chi connectivity index (χ0v) is 16.3. The first-order valence-electron chi connectivity index (χ1n) is 8.87. The average molecular weight is 371 g/mol. The van der Waals surface area contributed by atoms with E-state index in [1.165, 1.54) is 0 Å². The fraction of sp³-hybridized carbons (Fsp3) is 0.381. The van der Waals surface area contributed by atoms with E-state index in [2.05, 4.69) is 5.32 Å². The van der Waals surface area contributed by atoms with Crippen LogP contribution in [0.4, 0.5) is 5.69 Å². The van der Waals surface area contributed by atoms with Gasteiger partial charge in [-0.3, -0.25) is 4.79 Å². The summed E-state index contributed by atoms with van der Waals surface area (Å²) in [6.07, 6.45) is 0.387. The van der Waals surface area contributed by atoms with Gasteiger partial charge in [0.25, 0.3) is 0 Å². The minimum Gasteiger partial charge on any atom is -0.493 e. The summed E-state index contributed by atoms with van der Waals surface area (Å²) < 4.78 is 22.1. The highest BCUT2D eigenvalue weighted by atomic mass is 16.5. The highest BCUT2D eigenvalue weighted by Gasteiger charge is 2.29. The average Bonchev–Trinajstić information content (AvgIpc) is 2.66. The highest BCUT2D eigenvalue weighted by Crippen LogP contribution is 2.44. The number of carbonyl (C=O) groups excluding carboxylic acids is 1. The molecule has 27 heavy (non-hydrogen) atoms. The van der Waals surface area contributed by atoms with Gasteiger partial charge in [-0.25, -0.2) is 0 Å². The lowest BCUT2D eigenvalue weighted by molar-refractivity contribution is -0.116. The molecule has 2 aromatic rings. The van der Waals surface area contributed by atoms with Crippen molar-refractivity contribution >= 4 is 11.6 Å². The summed E-state index contributed by atoms with van der Waals surface area (Å²) in [6.45, 7) is 3.93. The predicted octanol–water partition coefficient (Wildman–Crippen LogP) is 3.97. The van der Waals surface area contributed by atoms with Gasteiger partial charge >= 0.3 is 0 Å². The van der Waals surface area contributed by atoms with E-state index < -0.39 is 0 Å². The fourth-order valence-corrected chi connectivity index (χ4v) is 3.34. The Labute approximate surface area is 159 Å². The summed E-state index contributed by atoms with van der Waals surface area (Å²) in [4.78, 5) is 12.3. The Hall–Kier alpha value is -2.89. The first-order valence-corrected chi connectivity index (χ1v) is 8.87. The summed E-state index contributed by atoms with van der Waals surface area (Å²) >= 11 is 0. The number of amides is 1. The molecule has 0 aliphatic carbocycles. The van der Waals surface area contributed by atoms with Gasteiger partial charge in [-0.1, -0.05) is 6.07 Å². The molecule has 144 valence electrons. The number of benzene rings is 2. The van der Waals surface area contributed by atoms with Crippen LogP contribution in [0.5, 0.6) is 23.0 Å². The second kappa shape index (κ2) is 7.78. The summed E-state index contributed by atoms with van der Waals surface area (Å²) in [5, 5.41) is 2.92. The number of ether oxygens (including phenoxy) is 4. The Morgan fingerprint density at radius 3 is 2.19 bits per heavy atom. The molecule has 0 radical (unpaired) electrons. The SMILES string of the molecule is COc1cc2c(cc1OC)[C@@H](c1ccc(OC(C)C)c(OC)c1)CC(=O)N2. The molecule has 6 heteroatoms. The number of methoxy groups -OCH3 is 3. The first kappa shape index (κ1) is 18.9. The fourth-order valence-electron chi connectivity index (χ4n) is 3.34. The van der Waals surface area contributed by atoms with E-state index in [-0.39, 0.29) is 17.9 Å². The van der Waals surface area contributed by atoms with Gasteiger partial charge in [-0.15, -0.1) is 0 Å². The van der Waals surface area contributed by atoms with Crippen molar-refractivity contribution in [3.63, 3.8) is 0 Å². The molecule has 0 unspecified atom stereocenters. The van der Waals surface area contributed by atoms with Crippen molar-refractivity contribution in [1.29, 1.82) is 0 Å². The maximum absolute atomic E-state index is 12.3. The van der Waals surface area contributed by atoms with E-state index in [0.717, 1.165) is 16.8 Å². The predicted molar refractivity (Wildman–Crippen MR) is 103 cm³/mol. The molecule has 1 atom stereocenters. The second-order valence-electron chi connectivity index (χ2n) is 6.68. The molecule has 1 heterocycles. The van der Waals surface area contributed by atoms with E-state index >= 15 is 0 Å². The molecule has 2 aromatic carbocycles. The molecular weight excluding hydrogens is 346 g/mol. The molecule has 0 fully saturated rings. The third-order valence-electron chi connectivity index (χ3n) is 4.55. The van der Waals surface area contributed by atoms with Crippen LogP contribution < -0.4 is 24.3 Å². The third kappa shape index (κ3) is 3.79. The number of hydrogen-bond acceptors (Lipinski definition) is 5. The molecule has 6 nitrogen and oxygen atoms in total. The summed E-state index contributed by atoms with van der Waals surface area (Å²) in [5.41, 5.74) is 2.69. The highest BCUT2D eigenvalue weighted by molar-refractivity contribution is 5.96. The van der Waals surface area contributed by atoms with E-state index in [1.807, 2.05) is 38.1 Å². The molecule has 1 aliphatic rings. The lowest BCUT2D eigenvalue weighted by Crippen LogP contribution is -2.23. The van der Waals surface area contributed by atoms with Crippen LogP contribution in [-0.4, -0.2) is 33.3 Å². The minimum absolute atomic E-state index is 0.0406. The molecule has 3 rings (SSSR count). The quantitative estimate of drug-likeness (QED) is 0.832. The number of nitrogens with one attached hydrogen (secondary N) is 1. The molecule has 0 aromatic heterocycles. The van der Waals surface area contributed by atoms with Crippen molar-refractivity contribution in [1.82, 2.24) is 0 Å². The number of rotatable bonds is 6. The van der Waals surface area contributed by atoms with Crippen molar-refractivity contribution in [3.05, 3.63) is 41.5 Å². The maximum atomic E-state index is 12.3. The molecule has 1 amide bonds. The van der Waals surface area contributed by atoms with Gasteiger partial charge in [0.05, 0.1) is 27.4 Å². The van der Waals surface area contributed by atoms with Crippen molar-refractivity contribution < 1.29 is 23.7 Å². The molecule has 0 saturated carbocycles. The van der Waals surface area contributed by atoms with Crippen LogP contribution >= 0.6 is 0 Å². The zero-order chi connectivity index (χ0) is 19.6. The van der Waals surface area contributed by atoms with Crippen LogP contribution in [0, 0.1) is 0 Å². The van der Waals surface area contributed by atoms with Gasteiger partial charge in [0.15, 0.2) is 23.0 Å². The minimum atomic E-state index is -0.115. The molecule has 0 saturated heterocycles. The standard InChI is InChI=1S/C21H25NO5/c1-12(2)27-17-7-6-13(8-18(17)24-3)14-10-21(23)22-16-11-20(26-5)19(25-4)9-15(14)16/h6-9,11-12,14H,10H2,1-5H3,(H,22,23)/t14-/m1/s1. The topological polar surface area (TPSA) is 66.0 Å². The molecule has 1 aliphatic heterocycles. The van der Waals surface area contributed by atoms with Crippen LogP contribution in [0.3, 0.4) is 0 Å². The van der Waals surface area contributed by atoms with E-state index in [0.29, 0.717) is 29.4 Å². The summed E-state index contributed by atoms with van der Waals surface area (Å²) in [7, 11) is 4.79. The van der Waals surface area contributed by atoms with Gasteiger partial charge in [0.1, 0.15) is 0 Å². The van der Waals surface area contributed by atoms with Crippen LogP contribution in [0.1, 0.15) is 37.3 Å². The van der Waals surface area contributed by atoms with Gasteiger partial charge < -0.3 is 24.3 Å². The Morgan fingerprint density at radius 2 is 1.56 bits per heavy atom. The molecular formula is C21H25NO5. The van der Waals surface area contributed by atoms with Crippen molar-refractivity contribution in [3.8, 4) is 23.0 Å². The second-order valence-corrected chi connectivity index (χ2v) is 6.68. The Kier molecular flexibility index (Phi) is 5.44. The first-order chi connectivity index (χ1) is 13.0. The summed E-state index contributed by atoms with van der Waals surface area (Å²) in [5.74, 6) is 2.38. The Balaban J connectivity index is 2.06. The van der Waals surface area contributed by atoms with Gasteiger partial charge in [0, 0.05) is 24.1 Å². The van der Waals surface area contributed by atoms with Crippen molar-refractivity contribution in [2.75, 3.05) is 26.6 Å². The lowest BCUT2D eigenvalue weighted by atomic mass is 9.84. The number of hydrogen-bond donors (Lipinski definition) is 1. The number of carbonyl (C=O) groups is 1. The van der Waals surface area contributed by atoms with E-state index in [9.17, 15) is 4.79 Å². The number of fused-ring (bicyclic) bond motifs is 1. The zero-order valence-electron chi connectivity index (χ0n) is 16.3. The van der Waals surface area contributed by atoms with E-state index in [4.69, 9.17) is 18.9 Å². The van der Waals surface area contributed by atoms with Gasteiger partial charge in [-0.2, -0.15) is 0 Å². The Bertz CT molecular complexity index is 847. The number of anilines is 1. The lowest BCUT2D eigenvalue weighted by Gasteiger charge is -2.28. The normalized spacial score (nSPS) is 15.8.